The zero-order valence-electron chi connectivity index (χ0n) is 6.48. The molecule has 0 fully saturated rings. The van der Waals surface area contributed by atoms with Crippen LogP contribution in [0.15, 0.2) is 22.0 Å². The molecule has 0 bridgehead atoms. The highest BCUT2D eigenvalue weighted by Crippen LogP contribution is 2.37. The van der Waals surface area contributed by atoms with Crippen LogP contribution < -0.4 is 0 Å². The fourth-order valence-electron chi connectivity index (χ4n) is 1.20. The fourth-order valence-corrected chi connectivity index (χ4v) is 3.36. The quantitative estimate of drug-likeness (QED) is 0.645. The van der Waals surface area contributed by atoms with E-state index in [0.717, 1.165) is 9.50 Å². The van der Waals surface area contributed by atoms with Crippen molar-refractivity contribution in [2.75, 3.05) is 0 Å². The highest BCUT2D eigenvalue weighted by atomic mass is 79.9. The highest BCUT2D eigenvalue weighted by Gasteiger charge is 2.08. The third kappa shape index (κ3) is 1.61. The number of benzene rings is 1. The molecule has 1 heterocycles. The number of hydrogen-bond donors (Lipinski definition) is 0. The largest absolute Gasteiger partial charge is 0.142 e. The first-order valence-electron chi connectivity index (χ1n) is 3.64. The van der Waals surface area contributed by atoms with Gasteiger partial charge in [-0.25, -0.2) is 0 Å². The van der Waals surface area contributed by atoms with Crippen LogP contribution in [0.5, 0.6) is 0 Å². The minimum Gasteiger partial charge on any atom is -0.142 e. The SMILES string of the molecule is ClCc1csc2c(Br)c(Cl)ccc12. The van der Waals surface area contributed by atoms with Crippen LogP contribution in [0.1, 0.15) is 5.56 Å². The average molecular weight is 296 g/mol. The Bertz CT molecular complexity index is 450. The van der Waals surface area contributed by atoms with Gasteiger partial charge >= 0.3 is 0 Å². The summed E-state index contributed by atoms with van der Waals surface area (Å²) in [6.45, 7) is 0. The number of alkyl halides is 1. The maximum atomic E-state index is 5.97. The lowest BCUT2D eigenvalue weighted by Crippen LogP contribution is -1.74. The summed E-state index contributed by atoms with van der Waals surface area (Å²) in [6, 6.07) is 3.90. The van der Waals surface area contributed by atoms with Crippen molar-refractivity contribution in [3.8, 4) is 0 Å². The molecule has 2 rings (SSSR count). The van der Waals surface area contributed by atoms with E-state index in [1.807, 2.05) is 12.1 Å². The van der Waals surface area contributed by atoms with E-state index >= 15 is 0 Å². The second-order valence-corrected chi connectivity index (χ2v) is 4.98. The van der Waals surface area contributed by atoms with Gasteiger partial charge in [-0.2, -0.15) is 0 Å². The minimum atomic E-state index is 0.550. The van der Waals surface area contributed by atoms with Gasteiger partial charge in [0.2, 0.25) is 0 Å². The van der Waals surface area contributed by atoms with Gasteiger partial charge in [0, 0.05) is 5.88 Å². The Labute approximate surface area is 98.6 Å². The van der Waals surface area contributed by atoms with E-state index in [9.17, 15) is 0 Å². The van der Waals surface area contributed by atoms with E-state index in [-0.39, 0.29) is 0 Å². The Kier molecular flexibility index (Phi) is 2.84. The number of thiophene rings is 1. The standard InChI is InChI=1S/C9H5BrCl2S/c10-8-7(12)2-1-6-5(3-11)4-13-9(6)8/h1-2,4H,3H2. The lowest BCUT2D eigenvalue weighted by Gasteiger charge is -1.97. The zero-order chi connectivity index (χ0) is 9.42. The fraction of sp³-hybridized carbons (Fsp3) is 0.111. The maximum absolute atomic E-state index is 5.97. The van der Waals surface area contributed by atoms with Crippen LogP contribution in [0, 0.1) is 0 Å². The molecule has 2 aromatic rings. The maximum Gasteiger partial charge on any atom is 0.0562 e. The Balaban J connectivity index is 2.81. The summed E-state index contributed by atoms with van der Waals surface area (Å²) in [5.41, 5.74) is 1.17. The molecule has 0 aliphatic rings. The van der Waals surface area contributed by atoms with E-state index in [1.54, 1.807) is 11.3 Å². The molecule has 13 heavy (non-hydrogen) atoms. The molecule has 0 nitrogen and oxygen atoms in total. The summed E-state index contributed by atoms with van der Waals surface area (Å²) >= 11 is 16.9. The molecule has 1 aromatic carbocycles. The summed E-state index contributed by atoms with van der Waals surface area (Å²) in [5.74, 6) is 0.550. The third-order valence-electron chi connectivity index (χ3n) is 1.86. The molecule has 0 atom stereocenters. The van der Waals surface area contributed by atoms with Crippen molar-refractivity contribution in [2.45, 2.75) is 5.88 Å². The lowest BCUT2D eigenvalue weighted by molar-refractivity contribution is 1.50. The molecular formula is C9H5BrCl2S. The zero-order valence-corrected chi connectivity index (χ0v) is 10.4. The van der Waals surface area contributed by atoms with Crippen molar-refractivity contribution in [3.05, 3.63) is 32.6 Å². The van der Waals surface area contributed by atoms with E-state index < -0.39 is 0 Å². The Hall–Kier alpha value is 0.240. The molecule has 68 valence electrons. The molecule has 0 unspecified atom stereocenters. The van der Waals surface area contributed by atoms with Crippen molar-refractivity contribution in [1.82, 2.24) is 0 Å². The Morgan fingerprint density at radius 2 is 2.15 bits per heavy atom. The van der Waals surface area contributed by atoms with E-state index in [4.69, 9.17) is 23.2 Å². The van der Waals surface area contributed by atoms with Crippen LogP contribution in [0.4, 0.5) is 0 Å². The van der Waals surface area contributed by atoms with Gasteiger partial charge in [0.25, 0.3) is 0 Å². The van der Waals surface area contributed by atoms with Crippen LogP contribution >= 0.6 is 50.5 Å². The van der Waals surface area contributed by atoms with Crippen LogP contribution in [0.25, 0.3) is 10.1 Å². The van der Waals surface area contributed by atoms with Crippen molar-refractivity contribution in [3.63, 3.8) is 0 Å². The Morgan fingerprint density at radius 1 is 1.38 bits per heavy atom. The van der Waals surface area contributed by atoms with Crippen LogP contribution in [-0.2, 0) is 5.88 Å². The number of halogens is 3. The van der Waals surface area contributed by atoms with Gasteiger partial charge in [0.05, 0.1) is 14.2 Å². The number of rotatable bonds is 1. The summed E-state index contributed by atoms with van der Waals surface area (Å²) in [5, 5.41) is 4.01. The van der Waals surface area contributed by atoms with Crippen LogP contribution in [-0.4, -0.2) is 0 Å². The Morgan fingerprint density at radius 3 is 2.85 bits per heavy atom. The van der Waals surface area contributed by atoms with Gasteiger partial charge in [-0.3, -0.25) is 0 Å². The molecule has 4 heteroatoms. The van der Waals surface area contributed by atoms with Crippen molar-refractivity contribution < 1.29 is 0 Å². The van der Waals surface area contributed by atoms with E-state index in [1.165, 1.54) is 15.6 Å². The summed E-state index contributed by atoms with van der Waals surface area (Å²) < 4.78 is 2.14. The molecule has 0 saturated carbocycles. The first kappa shape index (κ1) is 9.78. The normalized spacial score (nSPS) is 11.0. The molecule has 0 N–H and O–H groups in total. The first-order chi connectivity index (χ1) is 6.24. The van der Waals surface area contributed by atoms with Gasteiger partial charge in [-0.15, -0.1) is 22.9 Å². The van der Waals surface area contributed by atoms with Gasteiger partial charge in [-0.1, -0.05) is 17.7 Å². The first-order valence-corrected chi connectivity index (χ1v) is 6.22. The van der Waals surface area contributed by atoms with Crippen molar-refractivity contribution in [2.24, 2.45) is 0 Å². The van der Waals surface area contributed by atoms with Gasteiger partial charge in [-0.05, 0) is 38.3 Å². The van der Waals surface area contributed by atoms with Crippen molar-refractivity contribution >= 4 is 60.6 Å². The minimum absolute atomic E-state index is 0.550. The predicted molar refractivity (Wildman–Crippen MR) is 64.1 cm³/mol. The topological polar surface area (TPSA) is 0 Å². The molecular weight excluding hydrogens is 291 g/mol. The monoisotopic (exact) mass is 294 g/mol. The van der Waals surface area contributed by atoms with Gasteiger partial charge < -0.3 is 0 Å². The lowest BCUT2D eigenvalue weighted by atomic mass is 10.2. The molecule has 1 aromatic heterocycles. The van der Waals surface area contributed by atoms with E-state index in [0.29, 0.717) is 5.88 Å². The van der Waals surface area contributed by atoms with Crippen LogP contribution in [0.3, 0.4) is 0 Å². The predicted octanol–water partition coefficient (Wildman–Crippen LogP) is 5.06. The van der Waals surface area contributed by atoms with Crippen LogP contribution in [0.2, 0.25) is 5.02 Å². The average Bonchev–Trinajstić information content (AvgIpc) is 2.55. The smallest absolute Gasteiger partial charge is 0.0562 e. The second-order valence-electron chi connectivity index (χ2n) is 2.63. The third-order valence-corrected chi connectivity index (χ3v) is 4.84. The second kappa shape index (κ2) is 3.77. The van der Waals surface area contributed by atoms with Crippen molar-refractivity contribution in [1.29, 1.82) is 0 Å². The molecule has 0 saturated heterocycles. The molecule has 0 spiro atoms. The van der Waals surface area contributed by atoms with Gasteiger partial charge in [0.15, 0.2) is 0 Å². The molecule has 0 amide bonds. The summed E-state index contributed by atoms with van der Waals surface area (Å²) in [4.78, 5) is 0. The molecule has 0 aliphatic heterocycles. The summed E-state index contributed by atoms with van der Waals surface area (Å²) in [7, 11) is 0. The number of fused-ring (bicyclic) bond motifs is 1. The molecule has 0 aliphatic carbocycles. The highest BCUT2D eigenvalue weighted by molar-refractivity contribution is 9.10. The van der Waals surface area contributed by atoms with Gasteiger partial charge in [0.1, 0.15) is 0 Å². The van der Waals surface area contributed by atoms with E-state index in [2.05, 4.69) is 21.3 Å². The molecule has 0 radical (unpaired) electrons. The number of hydrogen-bond acceptors (Lipinski definition) is 1. The summed E-state index contributed by atoms with van der Waals surface area (Å²) in [6.07, 6.45) is 0.